The van der Waals surface area contributed by atoms with Crippen LogP contribution in [0.3, 0.4) is 0 Å². The van der Waals surface area contributed by atoms with Gasteiger partial charge in [0.25, 0.3) is 0 Å². The molecule has 2 fully saturated rings. The number of nitrogens with zero attached hydrogens (tertiary/aromatic N) is 3. The van der Waals surface area contributed by atoms with Gasteiger partial charge in [-0.2, -0.15) is 0 Å². The fourth-order valence-corrected chi connectivity index (χ4v) is 5.04. The Morgan fingerprint density at radius 2 is 1.79 bits per heavy atom. The minimum Gasteiger partial charge on any atom is -0.497 e. The summed E-state index contributed by atoms with van der Waals surface area (Å²) in [6.07, 6.45) is 0. The Balaban J connectivity index is 1.57. The molecule has 0 spiro atoms. The van der Waals surface area contributed by atoms with E-state index in [9.17, 15) is 9.59 Å². The third-order valence-corrected chi connectivity index (χ3v) is 6.88. The molecule has 3 rings (SSSR count). The highest BCUT2D eigenvalue weighted by Crippen LogP contribution is 2.43. The molecule has 2 amide bonds. The summed E-state index contributed by atoms with van der Waals surface area (Å²) >= 11 is 1.71. The van der Waals surface area contributed by atoms with Crippen LogP contribution in [-0.4, -0.2) is 78.1 Å². The van der Waals surface area contributed by atoms with Crippen LogP contribution in [-0.2, 0) is 9.59 Å². The summed E-state index contributed by atoms with van der Waals surface area (Å²) in [6.45, 7) is 10.7. The number of methoxy groups -OCH3 is 1. The molecular weight excluding hydrogens is 374 g/mol. The zero-order valence-electron chi connectivity index (χ0n) is 17.3. The Hall–Kier alpha value is -1.73. The highest BCUT2D eigenvalue weighted by atomic mass is 32.2. The molecule has 2 unspecified atom stereocenters. The maximum absolute atomic E-state index is 12.7. The molecule has 2 atom stereocenters. The van der Waals surface area contributed by atoms with Gasteiger partial charge in [-0.1, -0.05) is 26.0 Å². The Kier molecular flexibility index (Phi) is 6.88. The smallest absolute Gasteiger partial charge is 0.236 e. The first-order chi connectivity index (χ1) is 13.4. The molecule has 154 valence electrons. The van der Waals surface area contributed by atoms with Crippen LogP contribution < -0.4 is 4.74 Å². The zero-order chi connectivity index (χ0) is 20.3. The number of ether oxygens (including phenoxy) is 1. The van der Waals surface area contributed by atoms with Crippen LogP contribution in [0.25, 0.3) is 0 Å². The molecule has 0 N–H and O–H groups in total. The van der Waals surface area contributed by atoms with Crippen molar-refractivity contribution in [1.29, 1.82) is 0 Å². The van der Waals surface area contributed by atoms with Gasteiger partial charge in [0.15, 0.2) is 0 Å². The van der Waals surface area contributed by atoms with E-state index in [0.29, 0.717) is 6.54 Å². The fourth-order valence-electron chi connectivity index (χ4n) is 3.73. The second-order valence-corrected chi connectivity index (χ2v) is 9.18. The van der Waals surface area contributed by atoms with Gasteiger partial charge in [0.05, 0.1) is 12.4 Å². The fraction of sp³-hybridized carbons (Fsp3) is 0.619. The van der Waals surface area contributed by atoms with E-state index in [1.807, 2.05) is 54.8 Å². The average molecular weight is 406 g/mol. The third-order valence-electron chi connectivity index (χ3n) is 5.48. The number of carbonyl (C=O) groups excluding carboxylic acids is 2. The van der Waals surface area contributed by atoms with Gasteiger partial charge in [0.1, 0.15) is 11.1 Å². The normalized spacial score (nSPS) is 23.5. The van der Waals surface area contributed by atoms with Crippen LogP contribution in [0, 0.1) is 5.92 Å². The van der Waals surface area contributed by atoms with Crippen molar-refractivity contribution in [2.45, 2.75) is 31.4 Å². The van der Waals surface area contributed by atoms with Gasteiger partial charge in [0.2, 0.25) is 11.8 Å². The molecule has 1 aromatic carbocycles. The number of thioether (sulfide) groups is 1. The van der Waals surface area contributed by atoms with E-state index in [4.69, 9.17) is 4.74 Å². The maximum atomic E-state index is 12.7. The molecule has 0 radical (unpaired) electrons. The Labute approximate surface area is 172 Å². The van der Waals surface area contributed by atoms with Crippen molar-refractivity contribution in [2.75, 3.05) is 46.4 Å². The van der Waals surface area contributed by atoms with Gasteiger partial charge in [-0.15, -0.1) is 11.8 Å². The number of benzene rings is 1. The van der Waals surface area contributed by atoms with E-state index in [2.05, 4.69) is 4.90 Å². The zero-order valence-corrected chi connectivity index (χ0v) is 18.1. The predicted molar refractivity (Wildman–Crippen MR) is 112 cm³/mol. The topological polar surface area (TPSA) is 53.1 Å². The number of hydrogen-bond acceptors (Lipinski definition) is 5. The van der Waals surface area contributed by atoms with Gasteiger partial charge >= 0.3 is 0 Å². The van der Waals surface area contributed by atoms with Crippen LogP contribution in [0.1, 0.15) is 31.7 Å². The molecule has 2 heterocycles. The lowest BCUT2D eigenvalue weighted by Gasteiger charge is -2.36. The van der Waals surface area contributed by atoms with E-state index in [1.54, 1.807) is 18.9 Å². The Bertz CT molecular complexity index is 687. The van der Waals surface area contributed by atoms with Crippen molar-refractivity contribution in [1.82, 2.24) is 14.7 Å². The first kappa shape index (κ1) is 21.0. The standard InChI is InChI=1S/C21H31N3O3S/c1-15(2)19(25)23-12-9-22(10-13-23)11-14-24-20(26)16(3)28-21(24)17-5-7-18(27-4)8-6-17/h5-8,15-16,21H,9-14H2,1-4H3. The summed E-state index contributed by atoms with van der Waals surface area (Å²) in [5.74, 6) is 1.32. The lowest BCUT2D eigenvalue weighted by atomic mass is 10.1. The van der Waals surface area contributed by atoms with Crippen molar-refractivity contribution < 1.29 is 14.3 Å². The number of amides is 2. The van der Waals surface area contributed by atoms with E-state index in [-0.39, 0.29) is 28.4 Å². The molecule has 1 aromatic rings. The van der Waals surface area contributed by atoms with Crippen LogP contribution in [0.5, 0.6) is 5.75 Å². The van der Waals surface area contributed by atoms with Gasteiger partial charge in [-0.25, -0.2) is 0 Å². The molecule has 0 bridgehead atoms. The molecular formula is C21H31N3O3S. The molecule has 7 heteroatoms. The second-order valence-electron chi connectivity index (χ2n) is 7.76. The third kappa shape index (κ3) is 4.63. The van der Waals surface area contributed by atoms with Gasteiger partial charge in [-0.05, 0) is 24.6 Å². The number of hydrogen-bond donors (Lipinski definition) is 0. The summed E-state index contributed by atoms with van der Waals surface area (Å²) in [6, 6.07) is 8.00. The number of piperazine rings is 1. The van der Waals surface area contributed by atoms with Gasteiger partial charge < -0.3 is 14.5 Å². The number of rotatable bonds is 6. The predicted octanol–water partition coefficient (Wildman–Crippen LogP) is 2.46. The van der Waals surface area contributed by atoms with E-state index in [1.165, 1.54) is 0 Å². The lowest BCUT2D eigenvalue weighted by molar-refractivity contribution is -0.136. The molecule has 0 saturated carbocycles. The van der Waals surface area contributed by atoms with E-state index < -0.39 is 0 Å². The second kappa shape index (κ2) is 9.18. The first-order valence-corrected chi connectivity index (χ1v) is 11.0. The van der Waals surface area contributed by atoms with Crippen molar-refractivity contribution >= 4 is 23.6 Å². The lowest BCUT2D eigenvalue weighted by Crippen LogP contribution is -2.51. The largest absolute Gasteiger partial charge is 0.497 e. The summed E-state index contributed by atoms with van der Waals surface area (Å²) in [5.41, 5.74) is 1.14. The molecule has 0 aromatic heterocycles. The summed E-state index contributed by atoms with van der Waals surface area (Å²) < 4.78 is 5.25. The Morgan fingerprint density at radius 3 is 2.36 bits per heavy atom. The molecule has 2 aliphatic rings. The van der Waals surface area contributed by atoms with Crippen molar-refractivity contribution in [3.8, 4) is 5.75 Å². The van der Waals surface area contributed by atoms with Crippen LogP contribution in [0.15, 0.2) is 24.3 Å². The Morgan fingerprint density at radius 1 is 1.14 bits per heavy atom. The highest BCUT2D eigenvalue weighted by molar-refractivity contribution is 8.01. The van der Waals surface area contributed by atoms with Crippen LogP contribution >= 0.6 is 11.8 Å². The van der Waals surface area contributed by atoms with E-state index in [0.717, 1.165) is 44.0 Å². The molecule has 0 aliphatic carbocycles. The summed E-state index contributed by atoms with van der Waals surface area (Å²) in [5, 5.41) is 0.0322. The summed E-state index contributed by atoms with van der Waals surface area (Å²) in [7, 11) is 1.66. The first-order valence-electron chi connectivity index (χ1n) is 10.0. The van der Waals surface area contributed by atoms with Gasteiger partial charge in [-0.3, -0.25) is 14.5 Å². The molecule has 6 nitrogen and oxygen atoms in total. The molecule has 2 saturated heterocycles. The highest BCUT2D eigenvalue weighted by Gasteiger charge is 2.38. The van der Waals surface area contributed by atoms with Crippen molar-refractivity contribution in [2.24, 2.45) is 5.92 Å². The monoisotopic (exact) mass is 405 g/mol. The van der Waals surface area contributed by atoms with Crippen molar-refractivity contribution in [3.63, 3.8) is 0 Å². The summed E-state index contributed by atoms with van der Waals surface area (Å²) in [4.78, 5) is 31.2. The molecule has 2 aliphatic heterocycles. The average Bonchev–Trinajstić information content (AvgIpc) is 3.00. The van der Waals surface area contributed by atoms with E-state index >= 15 is 0 Å². The maximum Gasteiger partial charge on any atom is 0.236 e. The van der Waals surface area contributed by atoms with Crippen LogP contribution in [0.2, 0.25) is 0 Å². The molecule has 28 heavy (non-hydrogen) atoms. The minimum absolute atomic E-state index is 0.0207. The van der Waals surface area contributed by atoms with Crippen molar-refractivity contribution in [3.05, 3.63) is 29.8 Å². The van der Waals surface area contributed by atoms with Gasteiger partial charge in [0, 0.05) is 45.2 Å². The van der Waals surface area contributed by atoms with Crippen LogP contribution in [0.4, 0.5) is 0 Å². The minimum atomic E-state index is -0.0207. The quantitative estimate of drug-likeness (QED) is 0.728. The number of carbonyl (C=O) groups is 2. The SMILES string of the molecule is COc1ccc(C2SC(C)C(=O)N2CCN2CCN(C(=O)C(C)C)CC2)cc1.